The first-order valence-electron chi connectivity index (χ1n) is 7.83. The van der Waals surface area contributed by atoms with Crippen molar-refractivity contribution < 1.29 is 9.53 Å². The molecule has 0 fully saturated rings. The lowest BCUT2D eigenvalue weighted by Gasteiger charge is -2.09. The average molecular weight is 353 g/mol. The van der Waals surface area contributed by atoms with Crippen LogP contribution >= 0.6 is 11.8 Å². The summed E-state index contributed by atoms with van der Waals surface area (Å²) in [6.07, 6.45) is 3.64. The number of hydrogen-bond donors (Lipinski definition) is 1. The summed E-state index contributed by atoms with van der Waals surface area (Å²) in [4.78, 5) is 16.5. The van der Waals surface area contributed by atoms with Gasteiger partial charge in [0.1, 0.15) is 5.75 Å². The number of imidazole rings is 1. The Morgan fingerprint density at radius 1 is 1.24 bits per heavy atom. The molecular weight excluding hydrogens is 334 g/mol. The molecule has 3 rings (SSSR count). The Morgan fingerprint density at radius 2 is 2.04 bits per heavy atom. The number of carbonyl (C=O) groups excluding carboxylic acids is 1. The first-order chi connectivity index (χ1) is 12.2. The Hall–Kier alpha value is -2.73. The number of anilines is 1. The van der Waals surface area contributed by atoms with Crippen LogP contribution in [0.25, 0.3) is 5.69 Å². The first-order valence-corrected chi connectivity index (χ1v) is 8.81. The lowest BCUT2D eigenvalue weighted by molar-refractivity contribution is -0.113. The molecule has 1 heterocycles. The first kappa shape index (κ1) is 17.1. The number of methoxy groups -OCH3 is 1. The molecular formula is C19H19N3O2S. The summed E-state index contributed by atoms with van der Waals surface area (Å²) >= 11 is 1.40. The van der Waals surface area contributed by atoms with Crippen LogP contribution in [0.2, 0.25) is 0 Å². The zero-order chi connectivity index (χ0) is 17.6. The van der Waals surface area contributed by atoms with E-state index in [1.165, 1.54) is 17.3 Å². The number of nitrogens with zero attached hydrogens (tertiary/aromatic N) is 2. The van der Waals surface area contributed by atoms with Gasteiger partial charge in [-0.2, -0.15) is 0 Å². The standard InChI is InChI=1S/C19H19N3O2S/c1-14-4-3-5-16(12-14)22-11-10-20-19(22)25-13-18(23)21-15-6-8-17(24-2)9-7-15/h3-12H,13H2,1-2H3,(H,21,23). The summed E-state index contributed by atoms with van der Waals surface area (Å²) in [5.41, 5.74) is 2.96. The van der Waals surface area contributed by atoms with Crippen molar-refractivity contribution in [2.75, 3.05) is 18.2 Å². The largest absolute Gasteiger partial charge is 0.497 e. The molecule has 0 spiro atoms. The van der Waals surface area contributed by atoms with E-state index in [0.717, 1.165) is 22.3 Å². The van der Waals surface area contributed by atoms with Crippen LogP contribution in [-0.2, 0) is 4.79 Å². The Bertz CT molecular complexity index is 859. The fourth-order valence-corrected chi connectivity index (χ4v) is 3.15. The molecule has 0 saturated carbocycles. The molecule has 1 N–H and O–H groups in total. The molecule has 5 nitrogen and oxygen atoms in total. The minimum Gasteiger partial charge on any atom is -0.497 e. The highest BCUT2D eigenvalue weighted by Gasteiger charge is 2.09. The molecule has 3 aromatic rings. The average Bonchev–Trinajstić information content (AvgIpc) is 3.09. The Balaban J connectivity index is 1.62. The molecule has 0 atom stereocenters. The number of amides is 1. The van der Waals surface area contributed by atoms with Crippen molar-refractivity contribution in [1.29, 1.82) is 0 Å². The van der Waals surface area contributed by atoms with Crippen LogP contribution in [0.4, 0.5) is 5.69 Å². The number of carbonyl (C=O) groups is 1. The maximum atomic E-state index is 12.2. The van der Waals surface area contributed by atoms with Crippen LogP contribution in [0.1, 0.15) is 5.56 Å². The van der Waals surface area contributed by atoms with Crippen molar-refractivity contribution in [1.82, 2.24) is 9.55 Å². The molecule has 1 amide bonds. The number of aromatic nitrogens is 2. The summed E-state index contributed by atoms with van der Waals surface area (Å²) in [5.74, 6) is 0.969. The smallest absolute Gasteiger partial charge is 0.234 e. The lowest BCUT2D eigenvalue weighted by atomic mass is 10.2. The molecule has 0 saturated heterocycles. The second kappa shape index (κ2) is 7.90. The van der Waals surface area contributed by atoms with Crippen LogP contribution in [0.5, 0.6) is 5.75 Å². The number of rotatable bonds is 6. The molecule has 25 heavy (non-hydrogen) atoms. The lowest BCUT2D eigenvalue weighted by Crippen LogP contribution is -2.14. The van der Waals surface area contributed by atoms with Crippen LogP contribution in [0.15, 0.2) is 66.1 Å². The molecule has 0 aliphatic heterocycles. The SMILES string of the molecule is COc1ccc(NC(=O)CSc2nccn2-c2cccc(C)c2)cc1. The predicted octanol–water partition coefficient (Wildman–Crippen LogP) is 3.92. The van der Waals surface area contributed by atoms with E-state index in [0.29, 0.717) is 0 Å². The van der Waals surface area contributed by atoms with Crippen molar-refractivity contribution in [3.05, 3.63) is 66.5 Å². The molecule has 128 valence electrons. The minimum atomic E-state index is -0.0750. The molecule has 0 radical (unpaired) electrons. The Kier molecular flexibility index (Phi) is 5.40. The van der Waals surface area contributed by atoms with E-state index in [2.05, 4.69) is 29.4 Å². The van der Waals surface area contributed by atoms with E-state index >= 15 is 0 Å². The van der Waals surface area contributed by atoms with E-state index in [4.69, 9.17) is 4.74 Å². The minimum absolute atomic E-state index is 0.0750. The normalized spacial score (nSPS) is 10.5. The van der Waals surface area contributed by atoms with Gasteiger partial charge in [0.05, 0.1) is 12.9 Å². The van der Waals surface area contributed by atoms with Gasteiger partial charge in [-0.05, 0) is 48.9 Å². The van der Waals surface area contributed by atoms with E-state index in [1.54, 1.807) is 13.3 Å². The highest BCUT2D eigenvalue weighted by molar-refractivity contribution is 7.99. The Labute approximate surface area is 151 Å². The molecule has 0 bridgehead atoms. The molecule has 1 aromatic heterocycles. The van der Waals surface area contributed by atoms with Gasteiger partial charge in [0.2, 0.25) is 5.91 Å². The van der Waals surface area contributed by atoms with Gasteiger partial charge >= 0.3 is 0 Å². The van der Waals surface area contributed by atoms with Gasteiger partial charge in [-0.3, -0.25) is 9.36 Å². The van der Waals surface area contributed by atoms with Gasteiger partial charge in [-0.15, -0.1) is 0 Å². The third-order valence-corrected chi connectivity index (χ3v) is 4.56. The number of ether oxygens (including phenoxy) is 1. The number of nitrogens with one attached hydrogen (secondary N) is 1. The maximum Gasteiger partial charge on any atom is 0.234 e. The fraction of sp³-hybridized carbons (Fsp3) is 0.158. The monoisotopic (exact) mass is 353 g/mol. The van der Waals surface area contributed by atoms with Gasteiger partial charge in [0.15, 0.2) is 5.16 Å². The summed E-state index contributed by atoms with van der Waals surface area (Å²) < 4.78 is 7.09. The predicted molar refractivity (Wildman–Crippen MR) is 101 cm³/mol. The van der Waals surface area contributed by atoms with Crippen LogP contribution in [-0.4, -0.2) is 28.3 Å². The van der Waals surface area contributed by atoms with Crippen molar-refractivity contribution in [3.8, 4) is 11.4 Å². The second-order valence-corrected chi connectivity index (χ2v) is 6.43. The van der Waals surface area contributed by atoms with Crippen molar-refractivity contribution in [3.63, 3.8) is 0 Å². The summed E-state index contributed by atoms with van der Waals surface area (Å²) in [5, 5.41) is 3.66. The van der Waals surface area contributed by atoms with Crippen LogP contribution in [0, 0.1) is 6.92 Å². The van der Waals surface area contributed by atoms with Gasteiger partial charge in [-0.25, -0.2) is 4.98 Å². The second-order valence-electron chi connectivity index (χ2n) is 5.48. The molecule has 6 heteroatoms. The van der Waals surface area contributed by atoms with Gasteiger partial charge in [0, 0.05) is 23.8 Å². The van der Waals surface area contributed by atoms with Gasteiger partial charge in [-0.1, -0.05) is 23.9 Å². The van der Waals surface area contributed by atoms with Crippen LogP contribution < -0.4 is 10.1 Å². The molecule has 2 aromatic carbocycles. The zero-order valence-electron chi connectivity index (χ0n) is 14.1. The highest BCUT2D eigenvalue weighted by Crippen LogP contribution is 2.21. The summed E-state index contributed by atoms with van der Waals surface area (Å²) in [6.45, 7) is 2.05. The number of hydrogen-bond acceptors (Lipinski definition) is 4. The topological polar surface area (TPSA) is 56.1 Å². The quantitative estimate of drug-likeness (QED) is 0.683. The summed E-state index contributed by atoms with van der Waals surface area (Å²) in [6, 6.07) is 15.4. The molecule has 0 aliphatic rings. The van der Waals surface area contributed by atoms with Crippen LogP contribution in [0.3, 0.4) is 0 Å². The van der Waals surface area contributed by atoms with E-state index in [9.17, 15) is 4.79 Å². The summed E-state index contributed by atoms with van der Waals surface area (Å²) in [7, 11) is 1.61. The number of thioether (sulfide) groups is 1. The van der Waals surface area contributed by atoms with Gasteiger partial charge < -0.3 is 10.1 Å². The van der Waals surface area contributed by atoms with E-state index < -0.39 is 0 Å². The van der Waals surface area contributed by atoms with Crippen molar-refractivity contribution in [2.24, 2.45) is 0 Å². The third kappa shape index (κ3) is 4.42. The highest BCUT2D eigenvalue weighted by atomic mass is 32.2. The number of benzene rings is 2. The fourth-order valence-electron chi connectivity index (χ4n) is 2.37. The maximum absolute atomic E-state index is 12.2. The van der Waals surface area contributed by atoms with E-state index in [-0.39, 0.29) is 11.7 Å². The van der Waals surface area contributed by atoms with Crippen molar-refractivity contribution >= 4 is 23.4 Å². The number of aryl methyl sites for hydroxylation is 1. The van der Waals surface area contributed by atoms with Crippen molar-refractivity contribution in [2.45, 2.75) is 12.1 Å². The molecule has 0 unspecified atom stereocenters. The molecule has 0 aliphatic carbocycles. The van der Waals surface area contributed by atoms with E-state index in [1.807, 2.05) is 47.2 Å². The van der Waals surface area contributed by atoms with Gasteiger partial charge in [0.25, 0.3) is 0 Å². The Morgan fingerprint density at radius 3 is 2.76 bits per heavy atom. The zero-order valence-corrected chi connectivity index (χ0v) is 14.9. The third-order valence-electron chi connectivity index (χ3n) is 3.59.